The van der Waals surface area contributed by atoms with Crippen LogP contribution in [-0.4, -0.2) is 5.91 Å². The molecule has 2 rings (SSSR count). The van der Waals surface area contributed by atoms with Gasteiger partial charge in [-0.25, -0.2) is 0 Å². The molecule has 0 spiro atoms. The molecule has 0 fully saturated rings. The Morgan fingerprint density at radius 3 is 2.67 bits per heavy atom. The number of carbonyl (C=O) groups excluding carboxylic acids is 1. The van der Waals surface area contributed by atoms with Crippen molar-refractivity contribution in [3.05, 3.63) is 50.1 Å². The minimum atomic E-state index is -0.289. The first-order valence-electron chi connectivity index (χ1n) is 5.14. The van der Waals surface area contributed by atoms with Crippen LogP contribution in [0.1, 0.15) is 15.2 Å². The average Bonchev–Trinajstić information content (AvgIpc) is 2.72. The average molecular weight is 301 g/mol. The molecule has 3 N–H and O–H groups in total. The molecular weight excluding hydrogens is 291 g/mol. The van der Waals surface area contributed by atoms with Gasteiger partial charge in [-0.3, -0.25) is 4.79 Å². The smallest absolute Gasteiger partial charge is 0.255 e. The molecule has 0 saturated carbocycles. The molecule has 0 aliphatic rings. The predicted octanol–water partition coefficient (Wildman–Crippen LogP) is 3.57. The van der Waals surface area contributed by atoms with E-state index in [1.165, 1.54) is 11.3 Å². The maximum absolute atomic E-state index is 12.0. The van der Waals surface area contributed by atoms with Crippen molar-refractivity contribution in [1.82, 2.24) is 5.32 Å². The van der Waals surface area contributed by atoms with Gasteiger partial charge >= 0.3 is 0 Å². The Morgan fingerprint density at radius 1 is 1.28 bits per heavy atom. The van der Waals surface area contributed by atoms with E-state index in [1.54, 1.807) is 24.3 Å². The van der Waals surface area contributed by atoms with Crippen molar-refractivity contribution in [2.45, 2.75) is 6.54 Å². The lowest BCUT2D eigenvalue weighted by Crippen LogP contribution is -2.23. The maximum Gasteiger partial charge on any atom is 0.255 e. The molecule has 1 aromatic heterocycles. The van der Waals surface area contributed by atoms with E-state index in [0.717, 1.165) is 4.88 Å². The number of rotatable bonds is 3. The lowest BCUT2D eigenvalue weighted by molar-refractivity contribution is 0.0952. The van der Waals surface area contributed by atoms with Crippen LogP contribution in [0.25, 0.3) is 0 Å². The van der Waals surface area contributed by atoms with Crippen molar-refractivity contribution >= 4 is 46.1 Å². The van der Waals surface area contributed by atoms with Crippen molar-refractivity contribution < 1.29 is 4.79 Å². The molecule has 0 atom stereocenters. The summed E-state index contributed by atoms with van der Waals surface area (Å²) in [6.45, 7) is 0.404. The third kappa shape index (κ3) is 2.96. The van der Waals surface area contributed by atoms with Crippen LogP contribution in [0, 0.1) is 0 Å². The zero-order valence-corrected chi connectivity index (χ0v) is 11.6. The standard InChI is InChI=1S/C12H10Cl2N2OS/c13-8-2-1-3-9(15)11(8)12(17)16-6-7-4-5-10(14)18-7/h1-5H,6,15H2,(H,16,17). The highest BCUT2D eigenvalue weighted by molar-refractivity contribution is 7.16. The van der Waals surface area contributed by atoms with E-state index < -0.39 is 0 Å². The summed E-state index contributed by atoms with van der Waals surface area (Å²) in [6, 6.07) is 8.63. The molecule has 1 aromatic carbocycles. The monoisotopic (exact) mass is 300 g/mol. The minimum Gasteiger partial charge on any atom is -0.398 e. The second-order valence-electron chi connectivity index (χ2n) is 3.59. The third-order valence-electron chi connectivity index (χ3n) is 2.32. The highest BCUT2D eigenvalue weighted by Crippen LogP contribution is 2.23. The molecule has 0 aliphatic heterocycles. The summed E-state index contributed by atoms with van der Waals surface area (Å²) >= 11 is 13.2. The van der Waals surface area contributed by atoms with E-state index in [4.69, 9.17) is 28.9 Å². The van der Waals surface area contributed by atoms with Crippen LogP contribution in [0.4, 0.5) is 5.69 Å². The molecule has 0 bridgehead atoms. The van der Waals surface area contributed by atoms with Crippen molar-refractivity contribution in [3.8, 4) is 0 Å². The van der Waals surface area contributed by atoms with E-state index in [0.29, 0.717) is 27.2 Å². The van der Waals surface area contributed by atoms with Crippen LogP contribution < -0.4 is 11.1 Å². The molecule has 2 aromatic rings. The number of amides is 1. The molecule has 0 unspecified atom stereocenters. The first-order valence-corrected chi connectivity index (χ1v) is 6.71. The van der Waals surface area contributed by atoms with E-state index in [1.807, 2.05) is 6.07 Å². The fourth-order valence-corrected chi connectivity index (χ4v) is 2.78. The van der Waals surface area contributed by atoms with Crippen LogP contribution in [0.15, 0.2) is 30.3 Å². The molecular formula is C12H10Cl2N2OS. The second kappa shape index (κ2) is 5.61. The van der Waals surface area contributed by atoms with Crippen LogP contribution in [0.3, 0.4) is 0 Å². The summed E-state index contributed by atoms with van der Waals surface area (Å²) in [4.78, 5) is 12.9. The van der Waals surface area contributed by atoms with E-state index in [9.17, 15) is 4.79 Å². The number of halogens is 2. The van der Waals surface area contributed by atoms with Crippen molar-refractivity contribution in [3.63, 3.8) is 0 Å². The molecule has 1 heterocycles. The van der Waals surface area contributed by atoms with Gasteiger partial charge in [0.15, 0.2) is 0 Å². The predicted molar refractivity (Wildman–Crippen MR) is 76.4 cm³/mol. The fourth-order valence-electron chi connectivity index (χ4n) is 1.48. The Kier molecular flexibility index (Phi) is 4.11. The topological polar surface area (TPSA) is 55.1 Å². The Labute approximate surface area is 119 Å². The summed E-state index contributed by atoms with van der Waals surface area (Å²) in [5.74, 6) is -0.289. The van der Waals surface area contributed by atoms with Gasteiger partial charge in [0.1, 0.15) is 0 Å². The molecule has 6 heteroatoms. The summed E-state index contributed by atoms with van der Waals surface area (Å²) in [5, 5.41) is 3.10. The largest absolute Gasteiger partial charge is 0.398 e. The summed E-state index contributed by atoms with van der Waals surface area (Å²) in [7, 11) is 0. The number of hydrogen-bond donors (Lipinski definition) is 2. The number of nitrogen functional groups attached to an aromatic ring is 1. The van der Waals surface area contributed by atoms with Crippen LogP contribution >= 0.6 is 34.5 Å². The Hall–Kier alpha value is -1.23. The Bertz CT molecular complexity index is 563. The number of nitrogens with one attached hydrogen (secondary N) is 1. The lowest BCUT2D eigenvalue weighted by Gasteiger charge is -2.08. The van der Waals surface area contributed by atoms with Crippen LogP contribution in [-0.2, 0) is 6.54 Å². The normalized spacial score (nSPS) is 10.3. The summed E-state index contributed by atoms with van der Waals surface area (Å²) < 4.78 is 0.691. The molecule has 1 amide bonds. The number of carbonyl (C=O) groups is 1. The Morgan fingerprint density at radius 2 is 2.06 bits per heavy atom. The summed E-state index contributed by atoms with van der Waals surface area (Å²) in [5.41, 5.74) is 6.40. The molecule has 18 heavy (non-hydrogen) atoms. The van der Waals surface area contributed by atoms with Gasteiger partial charge in [-0.05, 0) is 24.3 Å². The number of hydrogen-bond acceptors (Lipinski definition) is 3. The van der Waals surface area contributed by atoms with Gasteiger partial charge in [-0.15, -0.1) is 11.3 Å². The Balaban J connectivity index is 2.08. The number of nitrogens with two attached hydrogens (primary N) is 1. The van der Waals surface area contributed by atoms with E-state index in [2.05, 4.69) is 5.32 Å². The van der Waals surface area contributed by atoms with Crippen molar-refractivity contribution in [1.29, 1.82) is 0 Å². The van der Waals surface area contributed by atoms with Gasteiger partial charge < -0.3 is 11.1 Å². The van der Waals surface area contributed by atoms with E-state index in [-0.39, 0.29) is 5.91 Å². The fraction of sp³-hybridized carbons (Fsp3) is 0.0833. The van der Waals surface area contributed by atoms with E-state index >= 15 is 0 Å². The maximum atomic E-state index is 12.0. The third-order valence-corrected chi connectivity index (χ3v) is 3.87. The van der Waals surface area contributed by atoms with Gasteiger partial charge in [0.25, 0.3) is 5.91 Å². The van der Waals surface area contributed by atoms with Crippen molar-refractivity contribution in [2.24, 2.45) is 0 Å². The molecule has 0 saturated heterocycles. The minimum absolute atomic E-state index is 0.289. The molecule has 0 aliphatic carbocycles. The van der Waals surface area contributed by atoms with Gasteiger partial charge in [-0.1, -0.05) is 29.3 Å². The quantitative estimate of drug-likeness (QED) is 0.852. The second-order valence-corrected chi connectivity index (χ2v) is 5.80. The zero-order valence-electron chi connectivity index (χ0n) is 9.24. The number of benzene rings is 1. The first kappa shape index (κ1) is 13.2. The van der Waals surface area contributed by atoms with Crippen LogP contribution in [0.2, 0.25) is 9.36 Å². The van der Waals surface area contributed by atoms with Gasteiger partial charge in [0, 0.05) is 10.6 Å². The SMILES string of the molecule is Nc1cccc(Cl)c1C(=O)NCc1ccc(Cl)s1. The highest BCUT2D eigenvalue weighted by atomic mass is 35.5. The van der Waals surface area contributed by atoms with Gasteiger partial charge in [-0.2, -0.15) is 0 Å². The van der Waals surface area contributed by atoms with Gasteiger partial charge in [0.2, 0.25) is 0 Å². The molecule has 3 nitrogen and oxygen atoms in total. The lowest BCUT2D eigenvalue weighted by atomic mass is 10.1. The molecule has 94 valence electrons. The number of thiophene rings is 1. The zero-order chi connectivity index (χ0) is 13.1. The molecule has 0 radical (unpaired) electrons. The van der Waals surface area contributed by atoms with Crippen molar-refractivity contribution in [2.75, 3.05) is 5.73 Å². The van der Waals surface area contributed by atoms with Crippen LogP contribution in [0.5, 0.6) is 0 Å². The highest BCUT2D eigenvalue weighted by Gasteiger charge is 2.13. The summed E-state index contributed by atoms with van der Waals surface area (Å²) in [6.07, 6.45) is 0. The van der Waals surface area contributed by atoms with Gasteiger partial charge in [0.05, 0.1) is 21.5 Å². The first-order chi connectivity index (χ1) is 8.58. The number of anilines is 1.